The number of hydrogen-bond acceptors (Lipinski definition) is 4. The number of ether oxygens (including phenoxy) is 1. The van der Waals surface area contributed by atoms with Gasteiger partial charge in [0.25, 0.3) is 5.91 Å². The number of amides is 3. The molecule has 1 aliphatic heterocycles. The van der Waals surface area contributed by atoms with Gasteiger partial charge in [-0.25, -0.2) is 0 Å². The lowest BCUT2D eigenvalue weighted by Gasteiger charge is -2.34. The summed E-state index contributed by atoms with van der Waals surface area (Å²) in [5.41, 5.74) is 1.05. The first kappa shape index (κ1) is 20.4. The molecule has 8 heteroatoms. The van der Waals surface area contributed by atoms with Crippen molar-refractivity contribution in [3.8, 4) is 5.75 Å². The largest absolute Gasteiger partial charge is 0.492 e. The van der Waals surface area contributed by atoms with Crippen molar-refractivity contribution in [1.29, 1.82) is 0 Å². The van der Waals surface area contributed by atoms with Crippen LogP contribution in [0.25, 0.3) is 0 Å². The van der Waals surface area contributed by atoms with Crippen LogP contribution in [0, 0.1) is 0 Å². The second kappa shape index (κ2) is 9.27. The lowest BCUT2D eigenvalue weighted by molar-refractivity contribution is -0.130. The fourth-order valence-electron chi connectivity index (χ4n) is 3.33. The van der Waals surface area contributed by atoms with Gasteiger partial charge in [0.1, 0.15) is 18.0 Å². The van der Waals surface area contributed by atoms with E-state index in [1.807, 2.05) is 19.1 Å². The highest BCUT2D eigenvalue weighted by Gasteiger charge is 2.25. The van der Waals surface area contributed by atoms with Crippen LogP contribution in [0.4, 0.5) is 5.69 Å². The molecule has 0 atom stereocenters. The number of piperazine rings is 1. The molecule has 0 bridgehead atoms. The Hall–Kier alpha value is -3.29. The average Bonchev–Trinajstić information content (AvgIpc) is 3.17. The molecule has 3 amide bonds. The summed E-state index contributed by atoms with van der Waals surface area (Å²) in [4.78, 5) is 40.3. The van der Waals surface area contributed by atoms with Gasteiger partial charge in [-0.2, -0.15) is 0 Å². The van der Waals surface area contributed by atoms with E-state index in [9.17, 15) is 14.4 Å². The Balaban J connectivity index is 1.64. The highest BCUT2D eigenvalue weighted by molar-refractivity contribution is 5.95. The van der Waals surface area contributed by atoms with Crippen molar-refractivity contribution in [2.24, 2.45) is 0 Å². The average molecular weight is 398 g/mol. The zero-order valence-corrected chi connectivity index (χ0v) is 16.8. The van der Waals surface area contributed by atoms with Crippen molar-refractivity contribution in [3.63, 3.8) is 0 Å². The van der Waals surface area contributed by atoms with Crippen molar-refractivity contribution in [2.45, 2.75) is 20.4 Å². The van der Waals surface area contributed by atoms with Crippen LogP contribution in [0.15, 0.2) is 42.6 Å². The Kier molecular flexibility index (Phi) is 6.54. The van der Waals surface area contributed by atoms with Gasteiger partial charge in [0.2, 0.25) is 11.8 Å². The molecule has 2 heterocycles. The number of nitrogens with zero attached hydrogens (tertiary/aromatic N) is 3. The summed E-state index contributed by atoms with van der Waals surface area (Å²) >= 11 is 0. The third-order valence-corrected chi connectivity index (χ3v) is 4.84. The van der Waals surface area contributed by atoms with Gasteiger partial charge in [-0.3, -0.25) is 14.4 Å². The van der Waals surface area contributed by atoms with Gasteiger partial charge in [0.15, 0.2) is 0 Å². The number of para-hydroxylation sites is 2. The number of benzene rings is 1. The molecule has 1 aromatic heterocycles. The molecular formula is C21H26N4O4. The molecule has 1 aromatic carbocycles. The van der Waals surface area contributed by atoms with Crippen molar-refractivity contribution in [1.82, 2.24) is 14.4 Å². The molecule has 1 N–H and O–H groups in total. The molecule has 8 nitrogen and oxygen atoms in total. The minimum Gasteiger partial charge on any atom is -0.492 e. The zero-order valence-electron chi connectivity index (χ0n) is 16.8. The van der Waals surface area contributed by atoms with Crippen LogP contribution in [-0.4, -0.2) is 64.9 Å². The van der Waals surface area contributed by atoms with Gasteiger partial charge in [-0.15, -0.1) is 0 Å². The molecule has 29 heavy (non-hydrogen) atoms. The molecule has 0 unspecified atom stereocenters. The monoisotopic (exact) mass is 398 g/mol. The normalized spacial score (nSPS) is 13.9. The lowest BCUT2D eigenvalue weighted by Crippen LogP contribution is -2.50. The number of carbonyl (C=O) groups excluding carboxylic acids is 3. The highest BCUT2D eigenvalue weighted by atomic mass is 16.5. The van der Waals surface area contributed by atoms with E-state index in [1.165, 1.54) is 6.92 Å². The summed E-state index contributed by atoms with van der Waals surface area (Å²) in [6.07, 6.45) is 1.72. The van der Waals surface area contributed by atoms with Gasteiger partial charge >= 0.3 is 0 Å². The molecule has 1 aliphatic rings. The van der Waals surface area contributed by atoms with Crippen molar-refractivity contribution in [2.75, 3.05) is 38.1 Å². The minimum atomic E-state index is -0.246. The van der Waals surface area contributed by atoms with E-state index in [0.717, 1.165) is 0 Å². The Bertz CT molecular complexity index is 884. The Labute approximate surface area is 170 Å². The molecule has 0 saturated carbocycles. The highest BCUT2D eigenvalue weighted by Crippen LogP contribution is 2.23. The van der Waals surface area contributed by atoms with E-state index in [2.05, 4.69) is 5.32 Å². The maximum Gasteiger partial charge on any atom is 0.270 e. The van der Waals surface area contributed by atoms with Crippen molar-refractivity contribution in [3.05, 3.63) is 48.3 Å². The summed E-state index contributed by atoms with van der Waals surface area (Å²) in [6, 6.07) is 10.7. The molecule has 154 valence electrons. The van der Waals surface area contributed by atoms with Gasteiger partial charge in [0.05, 0.1) is 12.3 Å². The van der Waals surface area contributed by atoms with E-state index in [1.54, 1.807) is 44.8 Å². The summed E-state index contributed by atoms with van der Waals surface area (Å²) in [5, 5.41) is 2.84. The Morgan fingerprint density at radius 2 is 1.69 bits per heavy atom. The number of hydrogen-bond donors (Lipinski definition) is 1. The molecule has 0 radical (unpaired) electrons. The van der Waals surface area contributed by atoms with Crippen LogP contribution >= 0.6 is 0 Å². The number of nitrogens with one attached hydrogen (secondary N) is 1. The van der Waals surface area contributed by atoms with Crippen LogP contribution in [0.5, 0.6) is 5.75 Å². The van der Waals surface area contributed by atoms with Gasteiger partial charge in [-0.1, -0.05) is 12.1 Å². The Morgan fingerprint density at radius 1 is 1.00 bits per heavy atom. The first-order chi connectivity index (χ1) is 14.0. The molecule has 1 fully saturated rings. The molecule has 2 aromatic rings. The zero-order chi connectivity index (χ0) is 20.8. The third-order valence-electron chi connectivity index (χ3n) is 4.84. The van der Waals surface area contributed by atoms with Gasteiger partial charge in [-0.05, 0) is 31.2 Å². The van der Waals surface area contributed by atoms with Crippen LogP contribution in [0.3, 0.4) is 0 Å². The summed E-state index contributed by atoms with van der Waals surface area (Å²) < 4.78 is 7.17. The van der Waals surface area contributed by atoms with Gasteiger partial charge < -0.3 is 24.4 Å². The molecule has 0 aliphatic carbocycles. The van der Waals surface area contributed by atoms with E-state index >= 15 is 0 Å². The number of anilines is 1. The topological polar surface area (TPSA) is 83.9 Å². The SMILES string of the molecule is CCOc1ccccc1NC(=O)Cn1cccc1C(=O)N1CCN(C(C)=O)CC1. The quantitative estimate of drug-likeness (QED) is 0.805. The van der Waals surface area contributed by atoms with E-state index in [4.69, 9.17) is 4.74 Å². The first-order valence-corrected chi connectivity index (χ1v) is 9.71. The molecular weight excluding hydrogens is 372 g/mol. The summed E-state index contributed by atoms with van der Waals surface area (Å²) in [6.45, 7) is 5.95. The van der Waals surface area contributed by atoms with E-state index < -0.39 is 0 Å². The number of rotatable bonds is 6. The summed E-state index contributed by atoms with van der Waals surface area (Å²) in [7, 11) is 0. The van der Waals surface area contributed by atoms with E-state index in [0.29, 0.717) is 49.9 Å². The fourth-order valence-corrected chi connectivity index (χ4v) is 3.33. The maximum absolute atomic E-state index is 12.9. The molecule has 3 rings (SSSR count). The number of carbonyl (C=O) groups is 3. The predicted molar refractivity (Wildman–Crippen MR) is 109 cm³/mol. The number of aromatic nitrogens is 1. The standard InChI is InChI=1S/C21H26N4O4/c1-3-29-19-9-5-4-7-17(19)22-20(27)15-25-10-6-8-18(25)21(28)24-13-11-23(12-14-24)16(2)26/h4-10H,3,11-15H2,1-2H3,(H,22,27). The first-order valence-electron chi connectivity index (χ1n) is 9.71. The van der Waals surface area contributed by atoms with Crippen LogP contribution in [0.2, 0.25) is 0 Å². The second-order valence-electron chi connectivity index (χ2n) is 6.80. The van der Waals surface area contributed by atoms with E-state index in [-0.39, 0.29) is 24.3 Å². The van der Waals surface area contributed by atoms with Crippen molar-refractivity contribution < 1.29 is 19.1 Å². The van der Waals surface area contributed by atoms with Crippen LogP contribution < -0.4 is 10.1 Å². The van der Waals surface area contributed by atoms with Crippen molar-refractivity contribution >= 4 is 23.4 Å². The minimum absolute atomic E-state index is 0.0158. The maximum atomic E-state index is 12.9. The third kappa shape index (κ3) is 4.96. The Morgan fingerprint density at radius 3 is 2.38 bits per heavy atom. The second-order valence-corrected chi connectivity index (χ2v) is 6.80. The lowest BCUT2D eigenvalue weighted by atomic mass is 10.2. The summed E-state index contributed by atoms with van der Waals surface area (Å²) in [5.74, 6) is 0.240. The van der Waals surface area contributed by atoms with Crippen LogP contribution in [0.1, 0.15) is 24.3 Å². The van der Waals surface area contributed by atoms with Gasteiger partial charge in [0, 0.05) is 39.3 Å². The smallest absolute Gasteiger partial charge is 0.270 e. The van der Waals surface area contributed by atoms with Crippen LogP contribution in [-0.2, 0) is 16.1 Å². The fraction of sp³-hybridized carbons (Fsp3) is 0.381. The molecule has 0 spiro atoms. The molecule has 1 saturated heterocycles. The predicted octanol–water partition coefficient (Wildman–Crippen LogP) is 1.83.